The summed E-state index contributed by atoms with van der Waals surface area (Å²) in [5.41, 5.74) is 2.03. The van der Waals surface area contributed by atoms with Crippen molar-refractivity contribution in [1.82, 2.24) is 15.5 Å². The quantitative estimate of drug-likeness (QED) is 0.369. The van der Waals surface area contributed by atoms with E-state index in [1.165, 1.54) is 12.1 Å². The Kier molecular flexibility index (Phi) is 6.70. The number of aryl methyl sites for hydroxylation is 3. The fourth-order valence-electron chi connectivity index (χ4n) is 3.51. The number of carbonyl (C=O) groups is 1. The molecule has 0 aliphatic carbocycles. The molecule has 11 heteroatoms. The average molecular weight is 499 g/mol. The van der Waals surface area contributed by atoms with E-state index >= 15 is 0 Å². The van der Waals surface area contributed by atoms with Gasteiger partial charge in [-0.1, -0.05) is 30.3 Å². The molecule has 9 nitrogen and oxygen atoms in total. The molecular weight excluding hydrogens is 475 g/mol. The summed E-state index contributed by atoms with van der Waals surface area (Å²) in [4.78, 5) is 16.9. The first kappa shape index (κ1) is 24.1. The third-order valence-electron chi connectivity index (χ3n) is 5.31. The van der Waals surface area contributed by atoms with Crippen LogP contribution >= 0.6 is 0 Å². The van der Waals surface area contributed by atoms with Crippen LogP contribution in [-0.4, -0.2) is 24.5 Å². The molecule has 2 aromatic carbocycles. The zero-order chi connectivity index (χ0) is 25.2. The number of amides is 1. The van der Waals surface area contributed by atoms with E-state index in [2.05, 4.69) is 20.2 Å². The van der Waals surface area contributed by atoms with Crippen LogP contribution < -0.4 is 10.0 Å². The molecule has 2 heterocycles. The highest BCUT2D eigenvalue weighted by molar-refractivity contribution is 7.92. The Balaban J connectivity index is 1.56. The summed E-state index contributed by atoms with van der Waals surface area (Å²) in [6.07, 6.45) is 0.551. The predicted molar refractivity (Wildman–Crippen MR) is 126 cm³/mol. The Hall–Kier alpha value is -3.99. The third kappa shape index (κ3) is 5.09. The van der Waals surface area contributed by atoms with E-state index in [0.29, 0.717) is 40.5 Å². The van der Waals surface area contributed by atoms with E-state index in [4.69, 9.17) is 8.94 Å². The zero-order valence-electron chi connectivity index (χ0n) is 19.3. The standard InChI is InChI=1S/C24H23FN4O5S/c1-4-19-22(15(3)34-28-19)23(30)26-13-21-14(2)33-24(27-21)18-10-5-6-11-20(18)29-35(31,32)17-9-7-8-16(25)12-17/h5-12,29H,4,13H2,1-3H3,(H,26,30). The summed E-state index contributed by atoms with van der Waals surface area (Å²) < 4.78 is 52.5. The number of halogens is 1. The van der Waals surface area contributed by atoms with Crippen LogP contribution in [0.3, 0.4) is 0 Å². The predicted octanol–water partition coefficient (Wildman–Crippen LogP) is 4.38. The molecule has 0 aliphatic heterocycles. The average Bonchev–Trinajstić information content (AvgIpc) is 3.39. The Morgan fingerprint density at radius 2 is 1.83 bits per heavy atom. The molecule has 0 bridgehead atoms. The molecule has 1 amide bonds. The number of hydrogen-bond donors (Lipinski definition) is 2. The number of nitrogens with one attached hydrogen (secondary N) is 2. The molecule has 0 aliphatic rings. The highest BCUT2D eigenvalue weighted by atomic mass is 32.2. The number of rotatable bonds is 8. The lowest BCUT2D eigenvalue weighted by Crippen LogP contribution is -2.24. The Morgan fingerprint density at radius 3 is 2.57 bits per heavy atom. The zero-order valence-corrected chi connectivity index (χ0v) is 20.1. The van der Waals surface area contributed by atoms with Crippen LogP contribution in [0.2, 0.25) is 0 Å². The van der Waals surface area contributed by atoms with E-state index in [0.717, 1.165) is 12.1 Å². The topological polar surface area (TPSA) is 127 Å². The van der Waals surface area contributed by atoms with Gasteiger partial charge >= 0.3 is 0 Å². The van der Waals surface area contributed by atoms with E-state index in [9.17, 15) is 17.6 Å². The van der Waals surface area contributed by atoms with Crippen molar-refractivity contribution in [1.29, 1.82) is 0 Å². The second-order valence-electron chi connectivity index (χ2n) is 7.73. The molecular formula is C24H23FN4O5S. The summed E-state index contributed by atoms with van der Waals surface area (Å²) in [5.74, 6) is 0.0494. The van der Waals surface area contributed by atoms with Gasteiger partial charge in [0.05, 0.1) is 28.4 Å². The number of nitrogens with zero attached hydrogens (tertiary/aromatic N) is 2. The van der Waals surface area contributed by atoms with Crippen LogP contribution in [0.5, 0.6) is 0 Å². The lowest BCUT2D eigenvalue weighted by Gasteiger charge is -2.11. The lowest BCUT2D eigenvalue weighted by atomic mass is 10.1. The van der Waals surface area contributed by atoms with E-state index < -0.39 is 15.8 Å². The second kappa shape index (κ2) is 9.71. The summed E-state index contributed by atoms with van der Waals surface area (Å²) in [5, 5.41) is 6.68. The number of aromatic nitrogens is 2. The van der Waals surface area contributed by atoms with Gasteiger partial charge in [0.25, 0.3) is 15.9 Å². The summed E-state index contributed by atoms with van der Waals surface area (Å²) in [6.45, 7) is 5.32. The molecule has 0 saturated heterocycles. The summed E-state index contributed by atoms with van der Waals surface area (Å²) >= 11 is 0. The number of sulfonamides is 1. The van der Waals surface area contributed by atoms with Crippen LogP contribution in [0.4, 0.5) is 10.1 Å². The van der Waals surface area contributed by atoms with E-state index in [1.807, 2.05) is 6.92 Å². The van der Waals surface area contributed by atoms with E-state index in [-0.39, 0.29) is 28.9 Å². The maximum absolute atomic E-state index is 13.6. The molecule has 0 saturated carbocycles. The molecule has 2 N–H and O–H groups in total. The first-order valence-electron chi connectivity index (χ1n) is 10.8. The monoisotopic (exact) mass is 498 g/mol. The minimum atomic E-state index is -4.06. The number of carbonyl (C=O) groups excluding carboxylic acids is 1. The Bertz CT molecular complexity index is 1490. The molecule has 182 valence electrons. The van der Waals surface area contributed by atoms with Gasteiger partial charge in [0.15, 0.2) is 0 Å². The lowest BCUT2D eigenvalue weighted by molar-refractivity contribution is 0.0948. The summed E-state index contributed by atoms with van der Waals surface area (Å²) in [6, 6.07) is 11.3. The van der Waals surface area contributed by atoms with Crippen molar-refractivity contribution < 1.29 is 26.5 Å². The Labute approximate surface area is 201 Å². The fourth-order valence-corrected chi connectivity index (χ4v) is 4.62. The first-order valence-corrected chi connectivity index (χ1v) is 12.3. The van der Waals surface area contributed by atoms with Crippen molar-refractivity contribution in [2.24, 2.45) is 0 Å². The molecule has 4 rings (SSSR count). The second-order valence-corrected chi connectivity index (χ2v) is 9.41. The maximum Gasteiger partial charge on any atom is 0.262 e. The molecule has 35 heavy (non-hydrogen) atoms. The van der Waals surface area contributed by atoms with Gasteiger partial charge in [-0.3, -0.25) is 9.52 Å². The minimum absolute atomic E-state index is 0.0825. The van der Waals surface area contributed by atoms with E-state index in [1.54, 1.807) is 38.1 Å². The van der Waals surface area contributed by atoms with Crippen LogP contribution in [0.15, 0.2) is 62.4 Å². The van der Waals surface area contributed by atoms with Crippen LogP contribution in [-0.2, 0) is 23.0 Å². The largest absolute Gasteiger partial charge is 0.441 e. The van der Waals surface area contributed by atoms with Crippen LogP contribution in [0.25, 0.3) is 11.5 Å². The molecule has 0 radical (unpaired) electrons. The van der Waals surface area contributed by atoms with Crippen molar-refractivity contribution in [3.63, 3.8) is 0 Å². The molecule has 0 spiro atoms. The summed E-state index contributed by atoms with van der Waals surface area (Å²) in [7, 11) is -4.06. The van der Waals surface area contributed by atoms with Crippen LogP contribution in [0, 0.1) is 19.7 Å². The van der Waals surface area contributed by atoms with Crippen molar-refractivity contribution >= 4 is 21.6 Å². The fraction of sp³-hybridized carbons (Fsp3) is 0.208. The highest BCUT2D eigenvalue weighted by Gasteiger charge is 2.22. The van der Waals surface area contributed by atoms with Crippen LogP contribution in [0.1, 0.15) is 40.2 Å². The number of oxazole rings is 1. The number of anilines is 1. The van der Waals surface area contributed by atoms with Crippen molar-refractivity contribution in [3.8, 4) is 11.5 Å². The van der Waals surface area contributed by atoms with Gasteiger partial charge in [-0.2, -0.15) is 0 Å². The van der Waals surface area contributed by atoms with Gasteiger partial charge in [0, 0.05) is 0 Å². The minimum Gasteiger partial charge on any atom is -0.441 e. The van der Waals surface area contributed by atoms with Crippen molar-refractivity contribution in [3.05, 3.63) is 82.8 Å². The van der Waals surface area contributed by atoms with Crippen molar-refractivity contribution in [2.45, 2.75) is 38.6 Å². The SMILES string of the molecule is CCc1noc(C)c1C(=O)NCc1nc(-c2ccccc2NS(=O)(=O)c2cccc(F)c2)oc1C. The van der Waals surface area contributed by atoms with Gasteiger partial charge < -0.3 is 14.3 Å². The molecule has 0 atom stereocenters. The van der Waals surface area contributed by atoms with Gasteiger partial charge in [-0.15, -0.1) is 0 Å². The molecule has 0 unspecified atom stereocenters. The molecule has 0 fully saturated rings. The maximum atomic E-state index is 13.6. The third-order valence-corrected chi connectivity index (χ3v) is 6.68. The molecule has 4 aromatic rings. The number of benzene rings is 2. The van der Waals surface area contributed by atoms with Gasteiger partial charge in [0.2, 0.25) is 5.89 Å². The van der Waals surface area contributed by atoms with Gasteiger partial charge in [0.1, 0.15) is 28.6 Å². The van der Waals surface area contributed by atoms with Crippen molar-refractivity contribution in [2.75, 3.05) is 4.72 Å². The van der Waals surface area contributed by atoms with Gasteiger partial charge in [-0.25, -0.2) is 17.8 Å². The van der Waals surface area contributed by atoms with Gasteiger partial charge in [-0.05, 0) is 50.6 Å². The number of para-hydroxylation sites is 1. The Morgan fingerprint density at radius 1 is 1.06 bits per heavy atom. The molecule has 2 aromatic heterocycles. The highest BCUT2D eigenvalue weighted by Crippen LogP contribution is 2.30. The smallest absolute Gasteiger partial charge is 0.262 e. The first-order chi connectivity index (χ1) is 16.7. The normalized spacial score (nSPS) is 11.4. The number of hydrogen-bond acceptors (Lipinski definition) is 7.